The average Bonchev–Trinajstić information content (AvgIpc) is 3.22. The van der Waals surface area contributed by atoms with Crippen LogP contribution in [-0.4, -0.2) is 36.6 Å². The number of carbonyl (C=O) groups is 1. The number of hydrogen-bond acceptors (Lipinski definition) is 5. The summed E-state index contributed by atoms with van der Waals surface area (Å²) in [5, 5.41) is 3.69. The Bertz CT molecular complexity index is 995. The normalized spacial score (nSPS) is 21.1. The van der Waals surface area contributed by atoms with Crippen molar-refractivity contribution >= 4 is 17.5 Å². The summed E-state index contributed by atoms with van der Waals surface area (Å²) in [6, 6.07) is 6.65. The van der Waals surface area contributed by atoms with Crippen LogP contribution in [0.3, 0.4) is 0 Å². The van der Waals surface area contributed by atoms with Gasteiger partial charge in [-0.15, -0.1) is 0 Å². The zero-order valence-electron chi connectivity index (χ0n) is 18.9. The molecule has 1 aromatic carbocycles. The van der Waals surface area contributed by atoms with Crippen molar-refractivity contribution in [1.82, 2.24) is 4.98 Å². The number of anilines is 1. The molecule has 1 unspecified atom stereocenters. The molecule has 0 amide bonds. The molecule has 0 radical (unpaired) electrons. The van der Waals surface area contributed by atoms with Crippen molar-refractivity contribution in [1.29, 1.82) is 0 Å². The third kappa shape index (κ3) is 5.08. The zero-order chi connectivity index (χ0) is 22.7. The number of hydrogen-bond donors (Lipinski definition) is 2. The fraction of sp³-hybridized carbons (Fsp3) is 0.462. The fourth-order valence-corrected chi connectivity index (χ4v) is 4.68. The minimum absolute atomic E-state index is 0.0197. The molecule has 2 aromatic rings. The van der Waals surface area contributed by atoms with E-state index in [-0.39, 0.29) is 36.0 Å². The average molecular weight is 438 g/mol. The second kappa shape index (κ2) is 9.92. The van der Waals surface area contributed by atoms with E-state index in [2.05, 4.69) is 23.3 Å². The summed E-state index contributed by atoms with van der Waals surface area (Å²) >= 11 is 0. The number of ether oxygens (including phenoxy) is 1. The van der Waals surface area contributed by atoms with Crippen LogP contribution in [0.15, 0.2) is 36.0 Å². The maximum absolute atomic E-state index is 13.3. The number of aromatic nitrogens is 1. The number of nitrogens with one attached hydrogen (secondary N) is 1. The van der Waals surface area contributed by atoms with Crippen molar-refractivity contribution in [3.05, 3.63) is 64.2 Å². The van der Waals surface area contributed by atoms with Crippen LogP contribution in [0.1, 0.15) is 59.8 Å². The first-order valence-corrected chi connectivity index (χ1v) is 11.5. The van der Waals surface area contributed by atoms with Gasteiger partial charge in [0.25, 0.3) is 0 Å². The predicted octanol–water partition coefficient (Wildman–Crippen LogP) is 4.55. The first-order chi connectivity index (χ1) is 15.4. The Balaban J connectivity index is 1.65. The molecule has 0 aliphatic heterocycles. The molecule has 1 fully saturated rings. The molecular weight excluding hydrogens is 405 g/mol. The van der Waals surface area contributed by atoms with Crippen LogP contribution in [0, 0.1) is 11.7 Å². The summed E-state index contributed by atoms with van der Waals surface area (Å²) < 4.78 is 18.6. The van der Waals surface area contributed by atoms with Crippen LogP contribution in [0.5, 0.6) is 0 Å². The smallest absolute Gasteiger partial charge is 0.170 e. The molecule has 0 saturated heterocycles. The van der Waals surface area contributed by atoms with Crippen LogP contribution in [0.25, 0.3) is 6.08 Å². The molecule has 1 heterocycles. The van der Waals surface area contributed by atoms with E-state index in [1.165, 1.54) is 17.7 Å². The van der Waals surface area contributed by atoms with Gasteiger partial charge in [0.15, 0.2) is 5.78 Å². The van der Waals surface area contributed by atoms with Gasteiger partial charge in [-0.1, -0.05) is 30.7 Å². The van der Waals surface area contributed by atoms with Crippen molar-refractivity contribution in [3.63, 3.8) is 0 Å². The Morgan fingerprint density at radius 2 is 1.97 bits per heavy atom. The second-order valence-electron chi connectivity index (χ2n) is 9.14. The second-order valence-corrected chi connectivity index (χ2v) is 9.14. The molecule has 1 saturated carbocycles. The lowest BCUT2D eigenvalue weighted by Gasteiger charge is -2.29. The van der Waals surface area contributed by atoms with Crippen molar-refractivity contribution in [2.45, 2.75) is 57.5 Å². The number of ketones is 1. The van der Waals surface area contributed by atoms with Crippen molar-refractivity contribution in [2.75, 3.05) is 19.0 Å². The van der Waals surface area contributed by atoms with Gasteiger partial charge in [-0.05, 0) is 43.4 Å². The van der Waals surface area contributed by atoms with Crippen LogP contribution < -0.4 is 11.1 Å². The molecule has 170 valence electrons. The monoisotopic (exact) mass is 437 g/mol. The summed E-state index contributed by atoms with van der Waals surface area (Å²) in [5.41, 5.74) is 11.6. The van der Waals surface area contributed by atoms with E-state index < -0.39 is 0 Å². The molecule has 6 heteroatoms. The highest BCUT2D eigenvalue weighted by Crippen LogP contribution is 2.37. The van der Waals surface area contributed by atoms with Crippen molar-refractivity contribution in [2.24, 2.45) is 11.7 Å². The van der Waals surface area contributed by atoms with Gasteiger partial charge in [-0.25, -0.2) is 4.39 Å². The van der Waals surface area contributed by atoms with Gasteiger partial charge in [0, 0.05) is 49.7 Å². The highest BCUT2D eigenvalue weighted by atomic mass is 19.1. The highest BCUT2D eigenvalue weighted by Gasteiger charge is 2.27. The van der Waals surface area contributed by atoms with Crippen LogP contribution in [0.4, 0.5) is 10.1 Å². The largest absolute Gasteiger partial charge is 0.384 e. The maximum Gasteiger partial charge on any atom is 0.170 e. The van der Waals surface area contributed by atoms with Crippen molar-refractivity contribution in [3.8, 4) is 0 Å². The number of nitrogens with zero attached hydrogens (tertiary/aromatic N) is 1. The molecule has 1 aromatic heterocycles. The quantitative estimate of drug-likeness (QED) is 0.593. The molecule has 2 aliphatic rings. The first-order valence-electron chi connectivity index (χ1n) is 11.5. The van der Waals surface area contributed by atoms with Crippen molar-refractivity contribution < 1.29 is 13.9 Å². The van der Waals surface area contributed by atoms with E-state index in [1.54, 1.807) is 25.4 Å². The van der Waals surface area contributed by atoms with Crippen LogP contribution in [-0.2, 0) is 17.6 Å². The molecule has 5 nitrogen and oxygen atoms in total. The molecule has 0 bridgehead atoms. The van der Waals surface area contributed by atoms with Crippen LogP contribution in [0.2, 0.25) is 0 Å². The third-order valence-corrected chi connectivity index (χ3v) is 6.65. The van der Waals surface area contributed by atoms with Gasteiger partial charge in [-0.3, -0.25) is 9.78 Å². The number of rotatable bonds is 8. The minimum atomic E-state index is -0.305. The van der Waals surface area contributed by atoms with E-state index in [9.17, 15) is 9.18 Å². The molecule has 4 rings (SSSR count). The van der Waals surface area contributed by atoms with E-state index in [4.69, 9.17) is 10.5 Å². The number of halogens is 1. The topological polar surface area (TPSA) is 77.2 Å². The predicted molar refractivity (Wildman–Crippen MR) is 125 cm³/mol. The number of carbonyl (C=O) groups excluding carboxylic acids is 1. The lowest BCUT2D eigenvalue weighted by Crippen LogP contribution is -2.33. The Kier molecular flexibility index (Phi) is 7.01. The summed E-state index contributed by atoms with van der Waals surface area (Å²) in [7, 11) is 1.71. The lowest BCUT2D eigenvalue weighted by atomic mass is 9.91. The number of benzene rings is 1. The standard InChI is InChI=1S/C26H32FN3O2/c1-16(15-32-2)18-12-22-24(13-18)29-14-23(25(31)11-17-3-5-19(27)6-4-17)26(22)30-21-9-7-20(28)8-10-21/h3-6,12,14,16,20-21H,7-11,13,15,28H2,1-2H3,(H,29,30). The minimum Gasteiger partial charge on any atom is -0.384 e. The molecule has 0 spiro atoms. The number of pyridine rings is 1. The Morgan fingerprint density at radius 1 is 1.25 bits per heavy atom. The van der Waals surface area contributed by atoms with Gasteiger partial charge in [0.1, 0.15) is 5.82 Å². The molecule has 32 heavy (non-hydrogen) atoms. The third-order valence-electron chi connectivity index (χ3n) is 6.65. The van der Waals surface area contributed by atoms with E-state index in [0.29, 0.717) is 12.2 Å². The van der Waals surface area contributed by atoms with E-state index in [0.717, 1.165) is 54.6 Å². The molecule has 3 N–H and O–H groups in total. The Hall–Kier alpha value is -2.57. The number of nitrogens with two attached hydrogens (primary N) is 1. The number of Topliss-reactive ketones (excluding diaryl/α,β-unsaturated/α-hetero) is 1. The fourth-order valence-electron chi connectivity index (χ4n) is 4.68. The summed E-state index contributed by atoms with van der Waals surface area (Å²) in [6.07, 6.45) is 8.81. The number of fused-ring (bicyclic) bond motifs is 1. The SMILES string of the molecule is COCC(C)C1=Cc2c(ncc(C(=O)Cc3ccc(F)cc3)c2NC2CCC(N)CC2)C1. The molecule has 1 atom stereocenters. The summed E-state index contributed by atoms with van der Waals surface area (Å²) in [6.45, 7) is 2.80. The van der Waals surface area contributed by atoms with E-state index in [1.807, 2.05) is 0 Å². The van der Waals surface area contributed by atoms with Gasteiger partial charge >= 0.3 is 0 Å². The van der Waals surface area contributed by atoms with Gasteiger partial charge in [0.05, 0.1) is 23.6 Å². The number of methoxy groups -OCH3 is 1. The summed E-state index contributed by atoms with van der Waals surface area (Å²) in [5.74, 6) is -0.0390. The Morgan fingerprint density at radius 3 is 2.66 bits per heavy atom. The zero-order valence-corrected chi connectivity index (χ0v) is 18.9. The van der Waals surface area contributed by atoms with Crippen LogP contribution >= 0.6 is 0 Å². The van der Waals surface area contributed by atoms with E-state index >= 15 is 0 Å². The lowest BCUT2D eigenvalue weighted by molar-refractivity contribution is 0.0993. The molecular formula is C26H32FN3O2. The first kappa shape index (κ1) is 22.6. The maximum atomic E-state index is 13.3. The highest BCUT2D eigenvalue weighted by molar-refractivity contribution is 6.04. The van der Waals surface area contributed by atoms with Gasteiger partial charge in [-0.2, -0.15) is 0 Å². The van der Waals surface area contributed by atoms with Gasteiger partial charge in [0.2, 0.25) is 0 Å². The van der Waals surface area contributed by atoms with Gasteiger partial charge < -0.3 is 15.8 Å². The molecule has 2 aliphatic carbocycles. The summed E-state index contributed by atoms with van der Waals surface area (Å²) in [4.78, 5) is 18.0. The Labute approximate surface area is 189 Å².